The highest BCUT2D eigenvalue weighted by atomic mass is 16.5. The minimum atomic E-state index is -0.0896. The molecule has 0 bridgehead atoms. The van der Waals surface area contributed by atoms with Crippen LogP contribution in [0.4, 0.5) is 0 Å². The van der Waals surface area contributed by atoms with Crippen molar-refractivity contribution in [2.24, 2.45) is 0 Å². The Balaban J connectivity index is 1.49. The Hall–Kier alpha value is -2.33. The second kappa shape index (κ2) is 8.86. The Labute approximate surface area is 155 Å². The van der Waals surface area contributed by atoms with Crippen LogP contribution in [0.25, 0.3) is 0 Å². The predicted molar refractivity (Wildman–Crippen MR) is 102 cm³/mol. The Morgan fingerprint density at radius 2 is 1.88 bits per heavy atom. The number of hydrogen-bond donors (Lipinski definition) is 0. The minimum absolute atomic E-state index is 0.0896. The fourth-order valence-corrected chi connectivity index (χ4v) is 3.07. The summed E-state index contributed by atoms with van der Waals surface area (Å²) in [6.45, 7) is 6.58. The van der Waals surface area contributed by atoms with Crippen LogP contribution in [-0.4, -0.2) is 43.2 Å². The molecule has 3 rings (SSSR count). The number of hydrogen-bond acceptors (Lipinski definition) is 3. The Bertz CT molecular complexity index is 697. The molecule has 0 saturated carbocycles. The molecule has 1 aliphatic heterocycles. The summed E-state index contributed by atoms with van der Waals surface area (Å²) >= 11 is 0. The predicted octanol–water partition coefficient (Wildman–Crippen LogP) is 3.66. The van der Waals surface area contributed by atoms with Gasteiger partial charge in [-0.3, -0.25) is 4.79 Å². The average molecular weight is 353 g/mol. The maximum absolute atomic E-state index is 12.5. The summed E-state index contributed by atoms with van der Waals surface area (Å²) in [7, 11) is 0. The second-order valence-corrected chi connectivity index (χ2v) is 7.03. The first kappa shape index (κ1) is 18.5. The summed E-state index contributed by atoms with van der Waals surface area (Å²) in [6, 6.07) is 18.0. The minimum Gasteiger partial charge on any atom is -0.491 e. The molecule has 1 atom stereocenters. The molecule has 0 aliphatic carbocycles. The summed E-state index contributed by atoms with van der Waals surface area (Å²) in [4.78, 5) is 14.4. The summed E-state index contributed by atoms with van der Waals surface area (Å²) in [5.74, 6) is 1.49. The van der Waals surface area contributed by atoms with Gasteiger partial charge in [-0.25, -0.2) is 0 Å². The third kappa shape index (κ3) is 5.09. The van der Waals surface area contributed by atoms with Crippen LogP contribution in [0.3, 0.4) is 0 Å². The zero-order valence-electron chi connectivity index (χ0n) is 15.6. The van der Waals surface area contributed by atoms with E-state index in [2.05, 4.69) is 26.0 Å². The number of ether oxygens (including phenoxy) is 2. The summed E-state index contributed by atoms with van der Waals surface area (Å²) in [6.07, 6.45) is 0.346. The molecule has 1 aliphatic rings. The van der Waals surface area contributed by atoms with Crippen LogP contribution in [0.15, 0.2) is 54.6 Å². The van der Waals surface area contributed by atoms with Crippen LogP contribution in [0.1, 0.15) is 30.9 Å². The number of carbonyl (C=O) groups is 1. The molecule has 4 heteroatoms. The number of benzene rings is 2. The van der Waals surface area contributed by atoms with Gasteiger partial charge in [-0.15, -0.1) is 0 Å². The number of nitrogens with zero attached hydrogens (tertiary/aromatic N) is 1. The van der Waals surface area contributed by atoms with Crippen molar-refractivity contribution in [3.05, 3.63) is 65.7 Å². The van der Waals surface area contributed by atoms with Gasteiger partial charge in [-0.2, -0.15) is 0 Å². The number of morpholine rings is 1. The Morgan fingerprint density at radius 3 is 2.58 bits per heavy atom. The van der Waals surface area contributed by atoms with Crippen molar-refractivity contribution in [1.29, 1.82) is 0 Å². The number of carbonyl (C=O) groups excluding carboxylic acids is 1. The van der Waals surface area contributed by atoms with Crippen molar-refractivity contribution in [3.8, 4) is 5.75 Å². The molecule has 1 heterocycles. The van der Waals surface area contributed by atoms with Crippen molar-refractivity contribution < 1.29 is 14.3 Å². The van der Waals surface area contributed by atoms with Gasteiger partial charge < -0.3 is 14.4 Å². The van der Waals surface area contributed by atoms with Gasteiger partial charge in [-0.1, -0.05) is 56.3 Å². The molecule has 1 unspecified atom stereocenters. The average Bonchev–Trinajstić information content (AvgIpc) is 2.67. The van der Waals surface area contributed by atoms with Crippen LogP contribution >= 0.6 is 0 Å². The van der Waals surface area contributed by atoms with Gasteiger partial charge in [0.1, 0.15) is 18.5 Å². The standard InChI is InChI=1S/C22H27NO3/c1-17(2)19-8-10-20(11-9-19)26-16-21-15-23(12-13-25-21)22(24)14-18-6-4-3-5-7-18/h3-11,17,21H,12-16H2,1-2H3. The van der Waals surface area contributed by atoms with Crippen LogP contribution in [0, 0.1) is 0 Å². The lowest BCUT2D eigenvalue weighted by molar-refractivity contribution is -0.139. The van der Waals surface area contributed by atoms with E-state index in [-0.39, 0.29) is 12.0 Å². The maximum atomic E-state index is 12.5. The normalized spacial score (nSPS) is 17.3. The summed E-state index contributed by atoms with van der Waals surface area (Å²) in [5.41, 5.74) is 2.34. The first-order valence-corrected chi connectivity index (χ1v) is 9.28. The SMILES string of the molecule is CC(C)c1ccc(OCC2CN(C(=O)Cc3ccccc3)CCO2)cc1. The topological polar surface area (TPSA) is 38.8 Å². The van der Waals surface area contributed by atoms with E-state index in [9.17, 15) is 4.79 Å². The van der Waals surface area contributed by atoms with Crippen LogP contribution in [0.5, 0.6) is 5.75 Å². The Kier molecular flexibility index (Phi) is 6.29. The molecule has 4 nitrogen and oxygen atoms in total. The molecule has 0 spiro atoms. The van der Waals surface area contributed by atoms with E-state index in [0.29, 0.717) is 38.6 Å². The highest BCUT2D eigenvalue weighted by Crippen LogP contribution is 2.19. The first-order chi connectivity index (χ1) is 12.6. The highest BCUT2D eigenvalue weighted by molar-refractivity contribution is 5.78. The molecular formula is C22H27NO3. The monoisotopic (exact) mass is 353 g/mol. The highest BCUT2D eigenvalue weighted by Gasteiger charge is 2.24. The van der Waals surface area contributed by atoms with Gasteiger partial charge in [0.15, 0.2) is 0 Å². The van der Waals surface area contributed by atoms with Crippen LogP contribution < -0.4 is 4.74 Å². The van der Waals surface area contributed by atoms with Crippen LogP contribution in [-0.2, 0) is 16.0 Å². The maximum Gasteiger partial charge on any atom is 0.227 e. The molecule has 2 aromatic carbocycles. The van der Waals surface area contributed by atoms with Gasteiger partial charge >= 0.3 is 0 Å². The molecule has 0 N–H and O–H groups in total. The van der Waals surface area contributed by atoms with Gasteiger partial charge in [-0.05, 0) is 29.2 Å². The fraction of sp³-hybridized carbons (Fsp3) is 0.409. The zero-order chi connectivity index (χ0) is 18.4. The molecule has 1 saturated heterocycles. The van der Waals surface area contributed by atoms with E-state index in [0.717, 1.165) is 11.3 Å². The molecule has 138 valence electrons. The molecular weight excluding hydrogens is 326 g/mol. The zero-order valence-corrected chi connectivity index (χ0v) is 15.6. The van der Waals surface area contributed by atoms with E-state index < -0.39 is 0 Å². The summed E-state index contributed by atoms with van der Waals surface area (Å²) in [5, 5.41) is 0. The van der Waals surface area contributed by atoms with Gasteiger partial charge in [0.05, 0.1) is 19.6 Å². The van der Waals surface area contributed by atoms with Crippen molar-refractivity contribution in [1.82, 2.24) is 4.90 Å². The number of rotatable bonds is 6. The lowest BCUT2D eigenvalue weighted by atomic mass is 10.0. The number of amides is 1. The Morgan fingerprint density at radius 1 is 1.15 bits per heavy atom. The van der Waals surface area contributed by atoms with E-state index >= 15 is 0 Å². The van der Waals surface area contributed by atoms with E-state index in [4.69, 9.17) is 9.47 Å². The smallest absolute Gasteiger partial charge is 0.227 e. The van der Waals surface area contributed by atoms with Gasteiger partial charge in [0.2, 0.25) is 5.91 Å². The van der Waals surface area contributed by atoms with Crippen molar-refractivity contribution >= 4 is 5.91 Å². The second-order valence-electron chi connectivity index (χ2n) is 7.03. The summed E-state index contributed by atoms with van der Waals surface area (Å²) < 4.78 is 11.6. The molecule has 26 heavy (non-hydrogen) atoms. The van der Waals surface area contributed by atoms with E-state index in [1.165, 1.54) is 5.56 Å². The molecule has 1 fully saturated rings. The van der Waals surface area contributed by atoms with Crippen molar-refractivity contribution in [2.45, 2.75) is 32.3 Å². The third-order valence-electron chi connectivity index (χ3n) is 4.67. The lowest BCUT2D eigenvalue weighted by Crippen LogP contribution is -2.48. The molecule has 1 amide bonds. The quantitative estimate of drug-likeness (QED) is 0.795. The first-order valence-electron chi connectivity index (χ1n) is 9.28. The van der Waals surface area contributed by atoms with Crippen molar-refractivity contribution in [3.63, 3.8) is 0 Å². The van der Waals surface area contributed by atoms with E-state index in [1.807, 2.05) is 47.4 Å². The third-order valence-corrected chi connectivity index (χ3v) is 4.67. The van der Waals surface area contributed by atoms with E-state index in [1.54, 1.807) is 0 Å². The fourth-order valence-electron chi connectivity index (χ4n) is 3.07. The molecule has 0 radical (unpaired) electrons. The lowest BCUT2D eigenvalue weighted by Gasteiger charge is -2.33. The van der Waals surface area contributed by atoms with Crippen molar-refractivity contribution in [2.75, 3.05) is 26.3 Å². The molecule has 2 aromatic rings. The molecule has 0 aromatic heterocycles. The largest absolute Gasteiger partial charge is 0.491 e. The van der Waals surface area contributed by atoms with Gasteiger partial charge in [0.25, 0.3) is 0 Å². The van der Waals surface area contributed by atoms with Crippen LogP contribution in [0.2, 0.25) is 0 Å². The van der Waals surface area contributed by atoms with Gasteiger partial charge in [0, 0.05) is 6.54 Å².